The maximum Gasteiger partial charge on any atom is 0.327 e. The number of thioether (sulfide) groups is 1. The highest BCUT2D eigenvalue weighted by molar-refractivity contribution is 9.10. The number of carbonyl (C=O) groups is 2. The van der Waals surface area contributed by atoms with Crippen LogP contribution in [0.3, 0.4) is 0 Å². The predicted octanol–water partition coefficient (Wildman–Crippen LogP) is 2.59. The number of hydrogen-bond acceptors (Lipinski definition) is 4. The summed E-state index contributed by atoms with van der Waals surface area (Å²) in [6.45, 7) is 0.437. The molecule has 0 radical (unpaired) electrons. The van der Waals surface area contributed by atoms with Gasteiger partial charge in [-0.3, -0.25) is 4.79 Å². The van der Waals surface area contributed by atoms with Gasteiger partial charge in [-0.15, -0.1) is 11.8 Å². The number of aliphatic carboxylic acids is 1. The molecule has 1 amide bonds. The van der Waals surface area contributed by atoms with Gasteiger partial charge in [-0.25, -0.2) is 4.79 Å². The molecule has 1 aromatic carbocycles. The zero-order valence-corrected chi connectivity index (χ0v) is 13.7. The minimum Gasteiger partial charge on any atom is -0.494 e. The van der Waals surface area contributed by atoms with Crippen LogP contribution in [-0.2, 0) is 9.59 Å². The minimum absolute atomic E-state index is 0.119. The van der Waals surface area contributed by atoms with Crippen LogP contribution in [0.2, 0.25) is 0 Å². The van der Waals surface area contributed by atoms with Crippen molar-refractivity contribution in [2.45, 2.75) is 18.9 Å². The Morgan fingerprint density at radius 3 is 2.76 bits per heavy atom. The summed E-state index contributed by atoms with van der Waals surface area (Å²) < 4.78 is 6.52. The van der Waals surface area contributed by atoms with Crippen molar-refractivity contribution >= 4 is 39.6 Å². The van der Waals surface area contributed by atoms with Crippen molar-refractivity contribution in [3.8, 4) is 5.75 Å². The first kappa shape index (κ1) is 16.2. The lowest BCUT2D eigenvalue weighted by atomic mass is 10.2. The fourth-order valence-corrected chi connectivity index (χ4v) is 3.42. The molecule has 0 aliphatic carbocycles. The first-order valence-corrected chi connectivity index (χ1v) is 8.51. The third kappa shape index (κ3) is 4.64. The molecular formula is C14H16BrNO4S. The maximum atomic E-state index is 12.0. The fraction of sp³-hybridized carbons (Fsp3) is 0.429. The molecule has 1 unspecified atom stereocenters. The smallest absolute Gasteiger partial charge is 0.327 e. The lowest BCUT2D eigenvalue weighted by Crippen LogP contribution is -2.41. The lowest BCUT2D eigenvalue weighted by Gasteiger charge is -2.20. The second-order valence-electron chi connectivity index (χ2n) is 4.62. The quantitative estimate of drug-likeness (QED) is 0.776. The molecule has 114 valence electrons. The molecule has 1 aliphatic rings. The molecule has 1 N–H and O–H groups in total. The number of amides is 1. The molecule has 5 nitrogen and oxygen atoms in total. The minimum atomic E-state index is -0.931. The highest BCUT2D eigenvalue weighted by Crippen LogP contribution is 2.22. The molecule has 1 aliphatic heterocycles. The number of carboxylic acids is 1. The van der Waals surface area contributed by atoms with Crippen molar-refractivity contribution in [1.82, 2.24) is 4.90 Å². The van der Waals surface area contributed by atoms with Gasteiger partial charge in [0.25, 0.3) is 0 Å². The van der Waals surface area contributed by atoms with Gasteiger partial charge in [-0.05, 0) is 30.7 Å². The Morgan fingerprint density at radius 1 is 1.38 bits per heavy atom. The summed E-state index contributed by atoms with van der Waals surface area (Å²) in [5, 5.41) is 9.04. The molecule has 1 saturated heterocycles. The molecule has 2 rings (SSSR count). The number of carbonyl (C=O) groups excluding carboxylic acids is 1. The van der Waals surface area contributed by atoms with E-state index in [0.29, 0.717) is 31.1 Å². The van der Waals surface area contributed by atoms with Gasteiger partial charge in [0.05, 0.1) is 12.5 Å². The van der Waals surface area contributed by atoms with Crippen molar-refractivity contribution in [3.05, 3.63) is 28.7 Å². The maximum absolute atomic E-state index is 12.0. The van der Waals surface area contributed by atoms with E-state index in [2.05, 4.69) is 15.9 Å². The second kappa shape index (κ2) is 7.70. The molecule has 1 heterocycles. The largest absolute Gasteiger partial charge is 0.494 e. The lowest BCUT2D eigenvalue weighted by molar-refractivity contribution is -0.147. The van der Waals surface area contributed by atoms with Crippen LogP contribution in [0.1, 0.15) is 12.8 Å². The van der Waals surface area contributed by atoms with Crippen LogP contribution in [0.15, 0.2) is 28.7 Å². The number of benzene rings is 1. The van der Waals surface area contributed by atoms with E-state index in [4.69, 9.17) is 9.84 Å². The number of hydrogen-bond donors (Lipinski definition) is 1. The van der Waals surface area contributed by atoms with Gasteiger partial charge >= 0.3 is 5.97 Å². The number of rotatable bonds is 6. The van der Waals surface area contributed by atoms with Crippen molar-refractivity contribution in [1.29, 1.82) is 0 Å². The van der Waals surface area contributed by atoms with E-state index in [9.17, 15) is 9.59 Å². The number of halogens is 1. The highest BCUT2D eigenvalue weighted by atomic mass is 79.9. The zero-order valence-electron chi connectivity index (χ0n) is 11.3. The molecule has 1 fully saturated rings. The van der Waals surface area contributed by atoms with Gasteiger partial charge in [0.1, 0.15) is 11.8 Å². The van der Waals surface area contributed by atoms with Crippen LogP contribution in [0.4, 0.5) is 0 Å². The Hall–Kier alpha value is -1.21. The SMILES string of the molecule is O=C(O)C1CSCN1C(=O)CCCOc1ccc(Br)cc1. The van der Waals surface area contributed by atoms with Crippen LogP contribution < -0.4 is 4.74 Å². The monoisotopic (exact) mass is 373 g/mol. The van der Waals surface area contributed by atoms with Crippen molar-refractivity contribution in [2.75, 3.05) is 18.2 Å². The summed E-state index contributed by atoms with van der Waals surface area (Å²) in [6, 6.07) is 6.79. The Balaban J connectivity index is 1.72. The van der Waals surface area contributed by atoms with Crippen LogP contribution in [0.5, 0.6) is 5.75 Å². The molecular weight excluding hydrogens is 358 g/mol. The number of ether oxygens (including phenoxy) is 1. The van der Waals surface area contributed by atoms with Gasteiger partial charge < -0.3 is 14.7 Å². The normalized spacial score (nSPS) is 17.8. The molecule has 1 atom stereocenters. The van der Waals surface area contributed by atoms with E-state index in [1.54, 1.807) is 0 Å². The molecule has 0 spiro atoms. The Morgan fingerprint density at radius 2 is 2.10 bits per heavy atom. The van der Waals surface area contributed by atoms with E-state index >= 15 is 0 Å². The Labute approximate surface area is 135 Å². The first-order chi connectivity index (χ1) is 10.1. The number of nitrogens with zero attached hydrogens (tertiary/aromatic N) is 1. The average Bonchev–Trinajstić information content (AvgIpc) is 2.95. The Kier molecular flexibility index (Phi) is 5.93. The van der Waals surface area contributed by atoms with Gasteiger partial charge in [-0.2, -0.15) is 0 Å². The summed E-state index contributed by atoms with van der Waals surface area (Å²) in [7, 11) is 0. The Bertz CT molecular complexity index is 508. The standard InChI is InChI=1S/C14H16BrNO4S/c15-10-3-5-11(6-4-10)20-7-1-2-13(17)16-9-21-8-12(16)14(18)19/h3-6,12H,1-2,7-9H2,(H,18,19). The summed E-state index contributed by atoms with van der Waals surface area (Å²) in [5.41, 5.74) is 0. The molecule has 7 heteroatoms. The van der Waals surface area contributed by atoms with Crippen molar-refractivity contribution in [3.63, 3.8) is 0 Å². The van der Waals surface area contributed by atoms with Crippen molar-refractivity contribution in [2.24, 2.45) is 0 Å². The summed E-state index contributed by atoms with van der Waals surface area (Å²) >= 11 is 4.82. The molecule has 0 saturated carbocycles. The summed E-state index contributed by atoms with van der Waals surface area (Å²) in [5.74, 6) is 0.636. The van der Waals surface area contributed by atoms with E-state index in [1.807, 2.05) is 24.3 Å². The van der Waals surface area contributed by atoms with Crippen LogP contribution in [-0.4, -0.2) is 46.2 Å². The fourth-order valence-electron chi connectivity index (χ4n) is 1.98. The van der Waals surface area contributed by atoms with E-state index in [0.717, 1.165) is 10.2 Å². The van der Waals surface area contributed by atoms with E-state index < -0.39 is 12.0 Å². The predicted molar refractivity (Wildman–Crippen MR) is 84.5 cm³/mol. The van der Waals surface area contributed by atoms with E-state index in [-0.39, 0.29) is 5.91 Å². The average molecular weight is 374 g/mol. The van der Waals surface area contributed by atoms with Gasteiger partial charge in [0.2, 0.25) is 5.91 Å². The zero-order chi connectivity index (χ0) is 15.2. The van der Waals surface area contributed by atoms with Gasteiger partial charge in [-0.1, -0.05) is 15.9 Å². The molecule has 0 bridgehead atoms. The molecule has 0 aromatic heterocycles. The van der Waals surface area contributed by atoms with Gasteiger partial charge in [0, 0.05) is 16.6 Å². The topological polar surface area (TPSA) is 66.8 Å². The van der Waals surface area contributed by atoms with Crippen LogP contribution >= 0.6 is 27.7 Å². The van der Waals surface area contributed by atoms with Crippen molar-refractivity contribution < 1.29 is 19.4 Å². The summed E-state index contributed by atoms with van der Waals surface area (Å²) in [4.78, 5) is 24.5. The first-order valence-electron chi connectivity index (χ1n) is 6.56. The molecule has 21 heavy (non-hydrogen) atoms. The van der Waals surface area contributed by atoms with E-state index in [1.165, 1.54) is 16.7 Å². The van der Waals surface area contributed by atoms with Crippen LogP contribution in [0, 0.1) is 0 Å². The van der Waals surface area contributed by atoms with Crippen LogP contribution in [0.25, 0.3) is 0 Å². The summed E-state index contributed by atoms with van der Waals surface area (Å²) in [6.07, 6.45) is 0.878. The third-order valence-corrected chi connectivity index (χ3v) is 4.65. The number of carboxylic acid groups (broad SMARTS) is 1. The molecule has 1 aromatic rings. The third-order valence-electron chi connectivity index (χ3n) is 3.11. The second-order valence-corrected chi connectivity index (χ2v) is 6.54. The highest BCUT2D eigenvalue weighted by Gasteiger charge is 2.33. The van der Waals surface area contributed by atoms with Gasteiger partial charge in [0.15, 0.2) is 0 Å².